The first-order valence-electron chi connectivity index (χ1n) is 16.8. The second-order valence-corrected chi connectivity index (χ2v) is 14.7. The van der Waals surface area contributed by atoms with Crippen molar-refractivity contribution in [1.29, 1.82) is 0 Å². The van der Waals surface area contributed by atoms with E-state index in [4.69, 9.17) is 16.3 Å². The third-order valence-electron chi connectivity index (χ3n) is 8.53. The third-order valence-corrected chi connectivity index (χ3v) is 10.6. The Morgan fingerprint density at radius 1 is 0.765 bits per heavy atom. The largest absolute Gasteiger partial charge is 0.457 e. The van der Waals surface area contributed by atoms with Crippen LogP contribution in [-0.2, 0) is 32.6 Å². The molecule has 0 aliphatic carbocycles. The summed E-state index contributed by atoms with van der Waals surface area (Å²) in [6, 6.07) is 37.6. The van der Waals surface area contributed by atoms with Gasteiger partial charge in [0.05, 0.1) is 10.6 Å². The maximum absolute atomic E-state index is 14.7. The van der Waals surface area contributed by atoms with Gasteiger partial charge < -0.3 is 15.0 Å². The van der Waals surface area contributed by atoms with Gasteiger partial charge in [-0.15, -0.1) is 0 Å². The maximum atomic E-state index is 14.7. The van der Waals surface area contributed by atoms with Crippen LogP contribution in [0.1, 0.15) is 37.0 Å². The molecule has 1 N–H and O–H groups in total. The predicted octanol–water partition coefficient (Wildman–Crippen LogP) is 8.19. The fraction of sp³-hybridized carbons (Fsp3) is 0.220. The highest BCUT2D eigenvalue weighted by atomic mass is 35.5. The van der Waals surface area contributed by atoms with Gasteiger partial charge in [-0.1, -0.05) is 96.9 Å². The zero-order valence-corrected chi connectivity index (χ0v) is 30.5. The molecule has 0 radical (unpaired) electrons. The van der Waals surface area contributed by atoms with Crippen LogP contribution in [0.2, 0.25) is 5.02 Å². The maximum Gasteiger partial charge on any atom is 0.264 e. The molecule has 0 aliphatic heterocycles. The van der Waals surface area contributed by atoms with E-state index < -0.39 is 28.5 Å². The second-order valence-electron chi connectivity index (χ2n) is 12.4. The molecule has 5 aromatic rings. The summed E-state index contributed by atoms with van der Waals surface area (Å²) in [5.41, 5.74) is 2.75. The zero-order chi connectivity index (χ0) is 36.4. The minimum Gasteiger partial charge on any atom is -0.457 e. The number of hydrogen-bond donors (Lipinski definition) is 1. The Morgan fingerprint density at radius 2 is 1.35 bits per heavy atom. The van der Waals surface area contributed by atoms with Gasteiger partial charge in [0.15, 0.2) is 0 Å². The van der Waals surface area contributed by atoms with E-state index in [0.29, 0.717) is 22.9 Å². The van der Waals surface area contributed by atoms with Crippen LogP contribution in [0.4, 0.5) is 5.69 Å². The lowest BCUT2D eigenvalue weighted by Gasteiger charge is -2.34. The lowest BCUT2D eigenvalue weighted by Crippen LogP contribution is -2.54. The highest BCUT2D eigenvalue weighted by Crippen LogP contribution is 2.29. The van der Waals surface area contributed by atoms with Crippen LogP contribution < -0.4 is 14.4 Å². The molecule has 0 fully saturated rings. The van der Waals surface area contributed by atoms with Crippen molar-refractivity contribution in [2.45, 2.75) is 57.1 Å². The fourth-order valence-corrected chi connectivity index (χ4v) is 6.99. The topological polar surface area (TPSA) is 96.0 Å². The number of nitrogens with zero attached hydrogens (tertiary/aromatic N) is 2. The summed E-state index contributed by atoms with van der Waals surface area (Å²) in [6.45, 7) is 5.23. The number of benzene rings is 5. The van der Waals surface area contributed by atoms with Crippen LogP contribution in [-0.4, -0.2) is 43.8 Å². The molecule has 0 heterocycles. The van der Waals surface area contributed by atoms with Gasteiger partial charge >= 0.3 is 0 Å². The van der Waals surface area contributed by atoms with E-state index in [2.05, 4.69) is 5.32 Å². The number of para-hydroxylation sites is 1. The van der Waals surface area contributed by atoms with Gasteiger partial charge in [-0.25, -0.2) is 8.42 Å². The van der Waals surface area contributed by atoms with E-state index in [0.717, 1.165) is 21.0 Å². The summed E-state index contributed by atoms with van der Waals surface area (Å²) in [5.74, 6) is 0.247. The number of anilines is 1. The lowest BCUT2D eigenvalue weighted by molar-refractivity contribution is -0.140. The predicted molar refractivity (Wildman–Crippen MR) is 203 cm³/mol. The van der Waals surface area contributed by atoms with Crippen molar-refractivity contribution < 1.29 is 22.7 Å². The first kappa shape index (κ1) is 37.1. The standard InChI is InChI=1S/C41H42ClN3O5S/c1-4-31(3)43-41(47)39(27-32-11-7-5-8-12-32)44(28-33-17-19-34(42)20-18-33)40(46)29-45(51(48,49)38-25-15-30(2)16-26-38)35-21-23-37(24-22-35)50-36-13-9-6-10-14-36/h5-26,31,39H,4,27-29H2,1-3H3,(H,43,47)/t31-,39-/m0/s1. The average Bonchev–Trinajstić information content (AvgIpc) is 3.14. The van der Waals surface area contributed by atoms with Gasteiger partial charge in [-0.05, 0) is 92.1 Å². The summed E-state index contributed by atoms with van der Waals surface area (Å²) in [7, 11) is -4.25. The monoisotopic (exact) mass is 723 g/mol. The Balaban J connectivity index is 1.56. The molecule has 264 valence electrons. The van der Waals surface area contributed by atoms with Crippen molar-refractivity contribution in [3.63, 3.8) is 0 Å². The molecule has 10 heteroatoms. The Kier molecular flexibility index (Phi) is 12.5. The number of halogens is 1. The molecule has 8 nitrogen and oxygen atoms in total. The molecule has 0 saturated carbocycles. The lowest BCUT2D eigenvalue weighted by atomic mass is 10.0. The molecular weight excluding hydrogens is 682 g/mol. The molecule has 2 atom stereocenters. The van der Waals surface area contributed by atoms with Crippen molar-refractivity contribution in [1.82, 2.24) is 10.2 Å². The SMILES string of the molecule is CC[C@H](C)NC(=O)[C@H](Cc1ccccc1)N(Cc1ccc(Cl)cc1)C(=O)CN(c1ccc(Oc2ccccc2)cc1)S(=O)(=O)c1ccc(C)cc1. The number of hydrogen-bond acceptors (Lipinski definition) is 5. The van der Waals surface area contributed by atoms with Crippen molar-refractivity contribution >= 4 is 39.1 Å². The van der Waals surface area contributed by atoms with Crippen molar-refractivity contribution in [3.8, 4) is 11.5 Å². The van der Waals surface area contributed by atoms with E-state index in [1.807, 2.05) is 81.4 Å². The quantitative estimate of drug-likeness (QED) is 0.118. The molecule has 0 aliphatic rings. The van der Waals surface area contributed by atoms with E-state index in [1.165, 1.54) is 17.0 Å². The molecule has 0 spiro atoms. The molecular formula is C41H42ClN3O5S. The van der Waals surface area contributed by atoms with Gasteiger partial charge in [-0.2, -0.15) is 0 Å². The van der Waals surface area contributed by atoms with Crippen LogP contribution in [0.25, 0.3) is 0 Å². The summed E-state index contributed by atoms with van der Waals surface area (Å²) in [4.78, 5) is 30.3. The van der Waals surface area contributed by atoms with Crippen LogP contribution in [0, 0.1) is 6.92 Å². The minimum atomic E-state index is -4.25. The number of aryl methyl sites for hydroxylation is 1. The summed E-state index contributed by atoms with van der Waals surface area (Å²) >= 11 is 6.19. The second kappa shape index (κ2) is 17.2. The number of sulfonamides is 1. The van der Waals surface area contributed by atoms with Gasteiger partial charge in [0, 0.05) is 24.0 Å². The number of amides is 2. The summed E-state index contributed by atoms with van der Waals surface area (Å²) < 4.78 is 35.8. The molecule has 0 bridgehead atoms. The van der Waals surface area contributed by atoms with E-state index in [-0.39, 0.29) is 35.5 Å². The average molecular weight is 724 g/mol. The number of carbonyl (C=O) groups is 2. The highest BCUT2D eigenvalue weighted by Gasteiger charge is 2.35. The smallest absolute Gasteiger partial charge is 0.264 e. The normalized spacial score (nSPS) is 12.4. The third kappa shape index (κ3) is 9.99. The molecule has 0 saturated heterocycles. The van der Waals surface area contributed by atoms with Crippen LogP contribution in [0.3, 0.4) is 0 Å². The number of ether oxygens (including phenoxy) is 1. The van der Waals surface area contributed by atoms with E-state index >= 15 is 0 Å². The fourth-order valence-electron chi connectivity index (χ4n) is 5.45. The van der Waals surface area contributed by atoms with Gasteiger partial charge in [0.1, 0.15) is 24.1 Å². The Bertz CT molecular complexity index is 1990. The van der Waals surface area contributed by atoms with Crippen LogP contribution >= 0.6 is 11.6 Å². The van der Waals surface area contributed by atoms with Crippen molar-refractivity contribution in [2.24, 2.45) is 0 Å². The van der Waals surface area contributed by atoms with E-state index in [1.54, 1.807) is 60.7 Å². The Hall–Kier alpha value is -5.12. The number of carbonyl (C=O) groups excluding carboxylic acids is 2. The first-order valence-corrected chi connectivity index (χ1v) is 18.7. The molecule has 5 rings (SSSR count). The minimum absolute atomic E-state index is 0.0325. The first-order chi connectivity index (χ1) is 24.5. The number of rotatable bonds is 15. The van der Waals surface area contributed by atoms with Crippen molar-refractivity contribution in [2.75, 3.05) is 10.8 Å². The summed E-state index contributed by atoms with van der Waals surface area (Å²) in [5, 5.41) is 3.58. The Morgan fingerprint density at radius 3 is 1.96 bits per heavy atom. The number of nitrogens with one attached hydrogen (secondary N) is 1. The van der Waals surface area contributed by atoms with Gasteiger partial charge in [0.25, 0.3) is 10.0 Å². The van der Waals surface area contributed by atoms with Crippen molar-refractivity contribution in [3.05, 3.63) is 155 Å². The van der Waals surface area contributed by atoms with E-state index in [9.17, 15) is 18.0 Å². The Labute approximate surface area is 305 Å². The molecule has 2 amide bonds. The molecule has 0 aromatic heterocycles. The zero-order valence-electron chi connectivity index (χ0n) is 28.9. The van der Waals surface area contributed by atoms with Gasteiger partial charge in [-0.3, -0.25) is 13.9 Å². The molecule has 51 heavy (non-hydrogen) atoms. The van der Waals surface area contributed by atoms with Crippen LogP contribution in [0.15, 0.2) is 138 Å². The summed E-state index contributed by atoms with van der Waals surface area (Å²) in [6.07, 6.45) is 0.917. The highest BCUT2D eigenvalue weighted by molar-refractivity contribution is 7.92. The van der Waals surface area contributed by atoms with Gasteiger partial charge in [0.2, 0.25) is 11.8 Å². The molecule has 0 unspecified atom stereocenters. The molecule has 5 aromatic carbocycles. The van der Waals surface area contributed by atoms with Crippen LogP contribution in [0.5, 0.6) is 11.5 Å².